The molecule has 2 aromatic rings. The zero-order valence-electron chi connectivity index (χ0n) is 10.4. The summed E-state index contributed by atoms with van der Waals surface area (Å²) in [5.74, 6) is -0.199. The van der Waals surface area contributed by atoms with Crippen molar-refractivity contribution >= 4 is 10.9 Å². The third kappa shape index (κ3) is 2.17. The Labute approximate surface area is 100 Å². The summed E-state index contributed by atoms with van der Waals surface area (Å²) < 4.78 is 20.7. The van der Waals surface area contributed by atoms with E-state index in [1.165, 1.54) is 0 Å². The minimum atomic E-state index is -0.199. The Balaban J connectivity index is 2.54. The first kappa shape index (κ1) is 12.0. The summed E-state index contributed by atoms with van der Waals surface area (Å²) in [5.41, 5.74) is 1.83. The minimum absolute atomic E-state index is 0.101. The van der Waals surface area contributed by atoms with Gasteiger partial charge in [-0.3, -0.25) is 4.68 Å². The van der Waals surface area contributed by atoms with Gasteiger partial charge in [-0.25, -0.2) is 4.39 Å². The van der Waals surface area contributed by atoms with Crippen molar-refractivity contribution in [1.29, 1.82) is 0 Å². The normalized spacial score (nSPS) is 13.2. The molecule has 1 heterocycles. The fraction of sp³-hybridized carbons (Fsp3) is 0.462. The number of benzene rings is 1. The molecule has 0 bridgehead atoms. The number of ether oxygens (including phenoxy) is 1. The van der Waals surface area contributed by atoms with E-state index < -0.39 is 0 Å². The van der Waals surface area contributed by atoms with Gasteiger partial charge in [0.2, 0.25) is 0 Å². The highest BCUT2D eigenvalue weighted by atomic mass is 19.1. The topological polar surface area (TPSA) is 27.1 Å². The number of halogens is 1. The van der Waals surface area contributed by atoms with E-state index in [0.717, 1.165) is 17.5 Å². The molecule has 1 aromatic heterocycles. The van der Waals surface area contributed by atoms with Crippen molar-refractivity contribution < 1.29 is 9.13 Å². The highest BCUT2D eigenvalue weighted by Crippen LogP contribution is 2.23. The van der Waals surface area contributed by atoms with Gasteiger partial charge in [0.1, 0.15) is 5.82 Å². The maximum absolute atomic E-state index is 13.8. The standard InChI is InChI=1S/C13H17FN2O/c1-4-10-5-12(14)11-7-15-16(13(11)6-10)9(2)8-17-3/h5-7,9H,4,8H2,1-3H3. The predicted molar refractivity (Wildman–Crippen MR) is 65.7 cm³/mol. The Morgan fingerprint density at radius 1 is 1.47 bits per heavy atom. The second kappa shape index (κ2) is 4.84. The highest BCUT2D eigenvalue weighted by molar-refractivity contribution is 5.80. The van der Waals surface area contributed by atoms with E-state index in [0.29, 0.717) is 12.0 Å². The van der Waals surface area contributed by atoms with E-state index in [-0.39, 0.29) is 11.9 Å². The van der Waals surface area contributed by atoms with Gasteiger partial charge < -0.3 is 4.74 Å². The van der Waals surface area contributed by atoms with Crippen LogP contribution < -0.4 is 0 Å². The number of rotatable bonds is 4. The molecule has 0 aliphatic heterocycles. The molecule has 0 fully saturated rings. The number of fused-ring (bicyclic) bond motifs is 1. The summed E-state index contributed by atoms with van der Waals surface area (Å²) in [6, 6.07) is 3.68. The molecule has 0 aliphatic carbocycles. The van der Waals surface area contributed by atoms with E-state index in [4.69, 9.17) is 4.74 Å². The molecule has 3 nitrogen and oxygen atoms in total. The fourth-order valence-corrected chi connectivity index (χ4v) is 2.02. The number of methoxy groups -OCH3 is 1. The van der Waals surface area contributed by atoms with Crippen molar-refractivity contribution in [2.24, 2.45) is 0 Å². The van der Waals surface area contributed by atoms with Gasteiger partial charge in [-0.15, -0.1) is 0 Å². The highest BCUT2D eigenvalue weighted by Gasteiger charge is 2.13. The molecule has 0 amide bonds. The Hall–Kier alpha value is -1.42. The maximum atomic E-state index is 13.8. The van der Waals surface area contributed by atoms with Crippen molar-refractivity contribution in [3.05, 3.63) is 29.7 Å². The van der Waals surface area contributed by atoms with Crippen LogP contribution in [0.2, 0.25) is 0 Å². The molecule has 0 saturated heterocycles. The molecule has 1 aromatic carbocycles. The van der Waals surface area contributed by atoms with Gasteiger partial charge >= 0.3 is 0 Å². The van der Waals surface area contributed by atoms with Crippen LogP contribution in [0.25, 0.3) is 10.9 Å². The summed E-state index contributed by atoms with van der Waals surface area (Å²) in [6.45, 7) is 4.58. The second-order valence-corrected chi connectivity index (χ2v) is 4.26. The summed E-state index contributed by atoms with van der Waals surface area (Å²) >= 11 is 0. The summed E-state index contributed by atoms with van der Waals surface area (Å²) in [5, 5.41) is 4.82. The van der Waals surface area contributed by atoms with Gasteiger partial charge in [0, 0.05) is 7.11 Å². The Bertz CT molecular complexity index is 521. The molecule has 0 radical (unpaired) electrons. The number of aryl methyl sites for hydroxylation is 1. The lowest BCUT2D eigenvalue weighted by molar-refractivity contribution is 0.159. The predicted octanol–water partition coefficient (Wildman–Crippen LogP) is 2.95. The van der Waals surface area contributed by atoms with Gasteiger partial charge in [0.15, 0.2) is 0 Å². The summed E-state index contributed by atoms with van der Waals surface area (Å²) in [7, 11) is 1.65. The first-order chi connectivity index (χ1) is 8.17. The molecule has 0 N–H and O–H groups in total. The third-order valence-corrected chi connectivity index (χ3v) is 2.96. The molecule has 17 heavy (non-hydrogen) atoms. The molecule has 1 unspecified atom stereocenters. The van der Waals surface area contributed by atoms with E-state index in [2.05, 4.69) is 5.10 Å². The summed E-state index contributed by atoms with van der Waals surface area (Å²) in [4.78, 5) is 0. The van der Waals surface area contributed by atoms with Crippen LogP contribution in [0.4, 0.5) is 4.39 Å². The largest absolute Gasteiger partial charge is 0.382 e. The van der Waals surface area contributed by atoms with Crippen LogP contribution in [0.5, 0.6) is 0 Å². The lowest BCUT2D eigenvalue weighted by Crippen LogP contribution is -2.12. The Kier molecular flexibility index (Phi) is 3.43. The van der Waals surface area contributed by atoms with Crippen LogP contribution in [0.1, 0.15) is 25.5 Å². The van der Waals surface area contributed by atoms with Crippen LogP contribution in [-0.2, 0) is 11.2 Å². The van der Waals surface area contributed by atoms with E-state index in [9.17, 15) is 4.39 Å². The van der Waals surface area contributed by atoms with Crippen LogP contribution in [0.3, 0.4) is 0 Å². The minimum Gasteiger partial charge on any atom is -0.382 e. The molecular formula is C13H17FN2O. The van der Waals surface area contributed by atoms with Gasteiger partial charge in [-0.2, -0.15) is 5.10 Å². The lowest BCUT2D eigenvalue weighted by atomic mass is 10.1. The molecule has 2 rings (SSSR count). The quantitative estimate of drug-likeness (QED) is 0.816. The van der Waals surface area contributed by atoms with Crippen molar-refractivity contribution in [1.82, 2.24) is 9.78 Å². The average molecular weight is 236 g/mol. The number of aromatic nitrogens is 2. The van der Waals surface area contributed by atoms with E-state index in [1.54, 1.807) is 19.4 Å². The van der Waals surface area contributed by atoms with Gasteiger partial charge in [0.25, 0.3) is 0 Å². The monoisotopic (exact) mass is 236 g/mol. The van der Waals surface area contributed by atoms with Crippen molar-refractivity contribution in [3.8, 4) is 0 Å². The van der Waals surface area contributed by atoms with Crippen LogP contribution in [-0.4, -0.2) is 23.5 Å². The molecule has 4 heteroatoms. The zero-order chi connectivity index (χ0) is 12.4. The summed E-state index contributed by atoms with van der Waals surface area (Å²) in [6.07, 6.45) is 2.40. The van der Waals surface area contributed by atoms with Crippen molar-refractivity contribution in [2.45, 2.75) is 26.3 Å². The van der Waals surface area contributed by atoms with Gasteiger partial charge in [-0.05, 0) is 31.0 Å². The smallest absolute Gasteiger partial charge is 0.134 e. The van der Waals surface area contributed by atoms with Crippen molar-refractivity contribution in [3.63, 3.8) is 0 Å². The Morgan fingerprint density at radius 3 is 2.88 bits per heavy atom. The first-order valence-electron chi connectivity index (χ1n) is 5.82. The first-order valence-corrected chi connectivity index (χ1v) is 5.82. The fourth-order valence-electron chi connectivity index (χ4n) is 2.02. The SMILES string of the molecule is CCc1cc(F)c2cnn(C(C)COC)c2c1. The molecule has 0 spiro atoms. The molecule has 0 aliphatic rings. The van der Waals surface area contributed by atoms with E-state index in [1.807, 2.05) is 24.6 Å². The second-order valence-electron chi connectivity index (χ2n) is 4.26. The molecule has 1 atom stereocenters. The Morgan fingerprint density at radius 2 is 2.24 bits per heavy atom. The molecular weight excluding hydrogens is 219 g/mol. The van der Waals surface area contributed by atoms with Crippen LogP contribution in [0.15, 0.2) is 18.3 Å². The maximum Gasteiger partial charge on any atom is 0.134 e. The number of hydrogen-bond acceptors (Lipinski definition) is 2. The molecule has 92 valence electrons. The third-order valence-electron chi connectivity index (χ3n) is 2.96. The number of hydrogen-bond donors (Lipinski definition) is 0. The van der Waals surface area contributed by atoms with E-state index >= 15 is 0 Å². The van der Waals surface area contributed by atoms with Gasteiger partial charge in [0.05, 0.1) is 29.7 Å². The number of nitrogens with zero attached hydrogens (tertiary/aromatic N) is 2. The average Bonchev–Trinajstić information content (AvgIpc) is 2.73. The van der Waals surface area contributed by atoms with Crippen molar-refractivity contribution in [2.75, 3.05) is 13.7 Å². The van der Waals surface area contributed by atoms with Gasteiger partial charge in [-0.1, -0.05) is 6.92 Å². The molecule has 0 saturated carbocycles. The van der Waals surface area contributed by atoms with Crippen LogP contribution in [0, 0.1) is 5.82 Å². The van der Waals surface area contributed by atoms with Crippen LogP contribution >= 0.6 is 0 Å². The zero-order valence-corrected chi connectivity index (χ0v) is 10.4. The lowest BCUT2D eigenvalue weighted by Gasteiger charge is -2.12.